The van der Waals surface area contributed by atoms with E-state index in [1.165, 1.54) is 23.9 Å². The second kappa shape index (κ2) is 10.3. The fourth-order valence-corrected chi connectivity index (χ4v) is 4.04. The maximum absolute atomic E-state index is 12.5. The Morgan fingerprint density at radius 2 is 1.64 bits per heavy atom. The molecule has 0 aliphatic heterocycles. The fourth-order valence-electron chi connectivity index (χ4n) is 2.32. The molecule has 0 unspecified atom stereocenters. The van der Waals surface area contributed by atoms with E-state index in [0.29, 0.717) is 11.3 Å². The SMILES string of the molecule is CSCC[C@@H](NS(=O)(=O)c1ccccc1)C(=O)NNC(=O)c1ccc(C)cc1. The smallest absolute Gasteiger partial charge is 0.269 e. The Kier molecular flexibility index (Phi) is 8.04. The lowest BCUT2D eigenvalue weighted by Gasteiger charge is -2.18. The van der Waals surface area contributed by atoms with Gasteiger partial charge in [-0.05, 0) is 49.6 Å². The molecule has 150 valence electrons. The van der Waals surface area contributed by atoms with E-state index in [9.17, 15) is 18.0 Å². The zero-order chi connectivity index (χ0) is 20.6. The van der Waals surface area contributed by atoms with E-state index in [4.69, 9.17) is 0 Å². The quantitative estimate of drug-likeness (QED) is 0.565. The normalized spacial score (nSPS) is 12.2. The first-order valence-corrected chi connectivity index (χ1v) is 11.4. The molecule has 3 N–H and O–H groups in total. The third kappa shape index (κ3) is 6.36. The zero-order valence-corrected chi connectivity index (χ0v) is 17.3. The predicted molar refractivity (Wildman–Crippen MR) is 110 cm³/mol. The van der Waals surface area contributed by atoms with E-state index in [1.807, 2.05) is 13.2 Å². The number of nitrogens with one attached hydrogen (secondary N) is 3. The Bertz CT molecular complexity index is 901. The number of rotatable bonds is 8. The summed E-state index contributed by atoms with van der Waals surface area (Å²) in [5.41, 5.74) is 6.02. The van der Waals surface area contributed by atoms with E-state index in [1.54, 1.807) is 42.5 Å². The fraction of sp³-hybridized carbons (Fsp3) is 0.263. The third-order valence-corrected chi connectivity index (χ3v) is 6.02. The number of thioether (sulfide) groups is 1. The van der Waals surface area contributed by atoms with Gasteiger partial charge in [0.25, 0.3) is 11.8 Å². The lowest BCUT2D eigenvalue weighted by molar-refractivity contribution is -0.123. The number of hydrazine groups is 1. The number of amides is 2. The second-order valence-corrected chi connectivity index (χ2v) is 8.78. The maximum Gasteiger partial charge on any atom is 0.269 e. The lowest BCUT2D eigenvalue weighted by Crippen LogP contribution is -2.52. The first-order valence-electron chi connectivity index (χ1n) is 8.56. The number of sulfonamides is 1. The topological polar surface area (TPSA) is 104 Å². The molecule has 2 aromatic rings. The number of carbonyl (C=O) groups excluding carboxylic acids is 2. The van der Waals surface area contributed by atoms with E-state index in [0.717, 1.165) is 5.56 Å². The van der Waals surface area contributed by atoms with Crippen LogP contribution in [0.2, 0.25) is 0 Å². The highest BCUT2D eigenvalue weighted by Gasteiger charge is 2.25. The molecule has 7 nitrogen and oxygen atoms in total. The van der Waals surface area contributed by atoms with E-state index < -0.39 is 27.9 Å². The van der Waals surface area contributed by atoms with Crippen molar-refractivity contribution in [3.05, 3.63) is 65.7 Å². The molecule has 2 aromatic carbocycles. The van der Waals surface area contributed by atoms with Crippen LogP contribution in [0.1, 0.15) is 22.3 Å². The van der Waals surface area contributed by atoms with Gasteiger partial charge in [0.2, 0.25) is 10.0 Å². The highest BCUT2D eigenvalue weighted by Crippen LogP contribution is 2.10. The second-order valence-electron chi connectivity index (χ2n) is 6.08. The van der Waals surface area contributed by atoms with Gasteiger partial charge in [0.15, 0.2) is 0 Å². The molecular weight excluding hydrogens is 398 g/mol. The summed E-state index contributed by atoms with van der Waals surface area (Å²) >= 11 is 1.49. The highest BCUT2D eigenvalue weighted by molar-refractivity contribution is 7.98. The van der Waals surface area contributed by atoms with Gasteiger partial charge in [-0.1, -0.05) is 35.9 Å². The molecule has 0 bridgehead atoms. The van der Waals surface area contributed by atoms with Crippen molar-refractivity contribution in [3.63, 3.8) is 0 Å². The third-order valence-electron chi connectivity index (χ3n) is 3.89. The van der Waals surface area contributed by atoms with Crippen LogP contribution in [0, 0.1) is 6.92 Å². The van der Waals surface area contributed by atoms with Gasteiger partial charge in [-0.25, -0.2) is 8.42 Å². The molecule has 9 heteroatoms. The minimum atomic E-state index is -3.86. The maximum atomic E-state index is 12.5. The molecule has 0 aliphatic rings. The van der Waals surface area contributed by atoms with Crippen LogP contribution in [0.4, 0.5) is 0 Å². The molecule has 0 heterocycles. The average molecular weight is 422 g/mol. The molecule has 1 atom stereocenters. The summed E-state index contributed by atoms with van der Waals surface area (Å²) in [4.78, 5) is 24.7. The van der Waals surface area contributed by atoms with Crippen LogP contribution in [-0.4, -0.2) is 38.3 Å². The Morgan fingerprint density at radius 1 is 1.00 bits per heavy atom. The van der Waals surface area contributed by atoms with Crippen LogP contribution in [0.3, 0.4) is 0 Å². The van der Waals surface area contributed by atoms with Crippen molar-refractivity contribution in [2.75, 3.05) is 12.0 Å². The first kappa shape index (κ1) is 21.9. The average Bonchev–Trinajstić information content (AvgIpc) is 2.70. The molecule has 0 aromatic heterocycles. The Balaban J connectivity index is 2.04. The number of benzene rings is 2. The predicted octanol–water partition coefficient (Wildman–Crippen LogP) is 1.86. The van der Waals surface area contributed by atoms with Crippen LogP contribution in [0.5, 0.6) is 0 Å². The van der Waals surface area contributed by atoms with Crippen LogP contribution in [0.25, 0.3) is 0 Å². The molecule has 2 rings (SSSR count). The van der Waals surface area contributed by atoms with Crippen LogP contribution in [-0.2, 0) is 14.8 Å². The number of carbonyl (C=O) groups is 2. The molecule has 2 amide bonds. The Morgan fingerprint density at radius 3 is 2.25 bits per heavy atom. The van der Waals surface area contributed by atoms with Crippen LogP contribution < -0.4 is 15.6 Å². The Hall–Kier alpha value is -2.36. The molecule has 0 saturated heterocycles. The summed E-state index contributed by atoms with van der Waals surface area (Å²) in [6, 6.07) is 13.6. The van der Waals surface area contributed by atoms with Gasteiger partial charge < -0.3 is 0 Å². The van der Waals surface area contributed by atoms with Crippen molar-refractivity contribution in [1.29, 1.82) is 0 Å². The molecule has 0 saturated carbocycles. The van der Waals surface area contributed by atoms with Gasteiger partial charge in [-0.3, -0.25) is 20.4 Å². The monoisotopic (exact) mass is 421 g/mol. The van der Waals surface area contributed by atoms with E-state index in [2.05, 4.69) is 15.6 Å². The van der Waals surface area contributed by atoms with E-state index in [-0.39, 0.29) is 11.3 Å². The van der Waals surface area contributed by atoms with Crippen LogP contribution >= 0.6 is 11.8 Å². The summed E-state index contributed by atoms with van der Waals surface area (Å²) in [6.07, 6.45) is 2.14. The molecule has 0 aliphatic carbocycles. The number of aryl methyl sites for hydroxylation is 1. The van der Waals surface area contributed by atoms with Crippen molar-refractivity contribution in [1.82, 2.24) is 15.6 Å². The molecule has 0 spiro atoms. The standard InChI is InChI=1S/C19H23N3O4S2/c1-14-8-10-15(11-9-14)18(23)20-21-19(24)17(12-13-27-2)22-28(25,26)16-6-4-3-5-7-16/h3-11,17,22H,12-13H2,1-2H3,(H,20,23)(H,21,24)/t17-/m1/s1. The minimum Gasteiger partial charge on any atom is -0.271 e. The van der Waals surface area contributed by atoms with Crippen molar-refractivity contribution in [2.45, 2.75) is 24.3 Å². The van der Waals surface area contributed by atoms with Crippen molar-refractivity contribution in [2.24, 2.45) is 0 Å². The Labute approximate surface area is 169 Å². The van der Waals surface area contributed by atoms with Gasteiger partial charge >= 0.3 is 0 Å². The van der Waals surface area contributed by atoms with E-state index >= 15 is 0 Å². The van der Waals surface area contributed by atoms with Gasteiger partial charge in [0.1, 0.15) is 6.04 Å². The first-order chi connectivity index (χ1) is 13.3. The molecule has 0 fully saturated rings. The van der Waals surface area contributed by atoms with Crippen molar-refractivity contribution < 1.29 is 18.0 Å². The minimum absolute atomic E-state index is 0.0700. The zero-order valence-electron chi connectivity index (χ0n) is 15.6. The highest BCUT2D eigenvalue weighted by atomic mass is 32.2. The molecule has 0 radical (unpaired) electrons. The summed E-state index contributed by atoms with van der Waals surface area (Å²) < 4.78 is 27.4. The van der Waals surface area contributed by atoms with Gasteiger partial charge in [-0.2, -0.15) is 16.5 Å². The number of hydrogen-bond donors (Lipinski definition) is 3. The van der Waals surface area contributed by atoms with Crippen molar-refractivity contribution >= 4 is 33.6 Å². The lowest BCUT2D eigenvalue weighted by atomic mass is 10.1. The number of hydrogen-bond acceptors (Lipinski definition) is 5. The van der Waals surface area contributed by atoms with Gasteiger partial charge in [0.05, 0.1) is 4.90 Å². The summed E-state index contributed by atoms with van der Waals surface area (Å²) in [7, 11) is -3.86. The van der Waals surface area contributed by atoms with Gasteiger partial charge in [0, 0.05) is 5.56 Å². The largest absolute Gasteiger partial charge is 0.271 e. The van der Waals surface area contributed by atoms with Gasteiger partial charge in [-0.15, -0.1) is 0 Å². The summed E-state index contributed by atoms with van der Waals surface area (Å²) in [6.45, 7) is 1.90. The molecule has 28 heavy (non-hydrogen) atoms. The van der Waals surface area contributed by atoms with Crippen LogP contribution in [0.15, 0.2) is 59.5 Å². The molecular formula is C19H23N3O4S2. The summed E-state index contributed by atoms with van der Waals surface area (Å²) in [5, 5.41) is 0. The van der Waals surface area contributed by atoms with Crippen molar-refractivity contribution in [3.8, 4) is 0 Å². The summed E-state index contributed by atoms with van der Waals surface area (Å²) in [5.74, 6) is -0.543.